The van der Waals surface area contributed by atoms with Crippen molar-refractivity contribution in [2.24, 2.45) is 0 Å². The summed E-state index contributed by atoms with van der Waals surface area (Å²) < 4.78 is 13.3. The summed E-state index contributed by atoms with van der Waals surface area (Å²) in [5.74, 6) is -0.201. The lowest BCUT2D eigenvalue weighted by molar-refractivity contribution is 0.0864. The molecule has 2 aromatic carbocycles. The van der Waals surface area contributed by atoms with Crippen LogP contribution in [0.4, 0.5) is 4.39 Å². The van der Waals surface area contributed by atoms with Crippen molar-refractivity contribution in [2.45, 2.75) is 19.5 Å². The van der Waals surface area contributed by atoms with Crippen LogP contribution >= 0.6 is 0 Å². The summed E-state index contributed by atoms with van der Waals surface area (Å²) in [6.07, 6.45) is 1.76. The Morgan fingerprint density at radius 1 is 1.22 bits per heavy atom. The van der Waals surface area contributed by atoms with Crippen molar-refractivity contribution >= 4 is 16.7 Å². The minimum Gasteiger partial charge on any atom is -0.360 e. The minimum atomic E-state index is -0.294. The number of ketones is 1. The van der Waals surface area contributed by atoms with E-state index in [0.29, 0.717) is 12.1 Å². The Balaban J connectivity index is 1.79. The summed E-state index contributed by atoms with van der Waals surface area (Å²) in [6, 6.07) is 13.9. The van der Waals surface area contributed by atoms with Gasteiger partial charge >= 0.3 is 0 Å². The zero-order chi connectivity index (χ0) is 16.4. The third kappa shape index (κ3) is 3.17. The highest BCUT2D eigenvalue weighted by atomic mass is 19.1. The first-order chi connectivity index (χ1) is 11.1. The van der Waals surface area contributed by atoms with E-state index in [-0.39, 0.29) is 17.6 Å². The first-order valence-electron chi connectivity index (χ1n) is 7.61. The Morgan fingerprint density at radius 2 is 2.00 bits per heavy atom. The van der Waals surface area contributed by atoms with Crippen LogP contribution in [0.1, 0.15) is 22.8 Å². The fourth-order valence-electron chi connectivity index (χ4n) is 2.76. The fourth-order valence-corrected chi connectivity index (χ4v) is 2.76. The van der Waals surface area contributed by atoms with E-state index in [2.05, 4.69) is 4.98 Å². The molecule has 0 aliphatic carbocycles. The summed E-state index contributed by atoms with van der Waals surface area (Å²) >= 11 is 0. The van der Waals surface area contributed by atoms with Crippen molar-refractivity contribution in [1.82, 2.24) is 9.88 Å². The van der Waals surface area contributed by atoms with Crippen LogP contribution in [0.3, 0.4) is 0 Å². The number of H-pyrrole nitrogens is 1. The Bertz CT molecular complexity index is 840. The average molecular weight is 310 g/mol. The van der Waals surface area contributed by atoms with Gasteiger partial charge < -0.3 is 4.98 Å². The molecule has 3 aromatic rings. The van der Waals surface area contributed by atoms with E-state index in [9.17, 15) is 9.18 Å². The van der Waals surface area contributed by atoms with Crippen LogP contribution in [0, 0.1) is 5.82 Å². The van der Waals surface area contributed by atoms with Gasteiger partial charge in [-0.3, -0.25) is 9.69 Å². The number of para-hydroxylation sites is 1. The summed E-state index contributed by atoms with van der Waals surface area (Å²) in [7, 11) is 1.88. The van der Waals surface area contributed by atoms with Gasteiger partial charge in [0.05, 0.1) is 6.04 Å². The second-order valence-corrected chi connectivity index (χ2v) is 5.83. The van der Waals surface area contributed by atoms with E-state index in [4.69, 9.17) is 0 Å². The molecule has 23 heavy (non-hydrogen) atoms. The van der Waals surface area contributed by atoms with Gasteiger partial charge in [0.1, 0.15) is 5.82 Å². The molecule has 1 N–H and O–H groups in total. The summed E-state index contributed by atoms with van der Waals surface area (Å²) in [4.78, 5) is 17.8. The highest BCUT2D eigenvalue weighted by Crippen LogP contribution is 2.21. The molecule has 0 spiro atoms. The molecule has 0 saturated heterocycles. The number of hydrogen-bond donors (Lipinski definition) is 1. The molecule has 0 amide bonds. The molecular formula is C19H19FN2O. The monoisotopic (exact) mass is 310 g/mol. The molecule has 0 aliphatic heterocycles. The number of Topliss-reactive ketones (excluding diaryl/α,β-unsaturated/α-hetero) is 1. The van der Waals surface area contributed by atoms with Gasteiger partial charge in [-0.15, -0.1) is 0 Å². The molecule has 3 rings (SSSR count). The van der Waals surface area contributed by atoms with E-state index in [1.54, 1.807) is 12.3 Å². The lowest BCUT2D eigenvalue weighted by Crippen LogP contribution is -2.35. The highest BCUT2D eigenvalue weighted by Gasteiger charge is 2.22. The van der Waals surface area contributed by atoms with Crippen LogP contribution in [-0.4, -0.2) is 28.8 Å². The number of nitrogens with one attached hydrogen (secondary N) is 1. The van der Waals surface area contributed by atoms with E-state index in [0.717, 1.165) is 16.5 Å². The minimum absolute atomic E-state index is 0.0568. The number of carbonyl (C=O) groups excluding carboxylic acids is 1. The number of nitrogens with zero attached hydrogens (tertiary/aromatic N) is 1. The van der Waals surface area contributed by atoms with E-state index < -0.39 is 0 Å². The topological polar surface area (TPSA) is 36.1 Å². The standard InChI is InChI=1S/C19H19FN2O/c1-13(22(2)12-14-6-5-7-15(20)10-14)19(23)17-11-21-18-9-4-3-8-16(17)18/h3-11,13,21H,12H2,1-2H3/t13-/m1/s1. The van der Waals surface area contributed by atoms with Crippen molar-refractivity contribution < 1.29 is 9.18 Å². The molecule has 0 unspecified atom stereocenters. The van der Waals surface area contributed by atoms with Gasteiger partial charge in [0.15, 0.2) is 5.78 Å². The van der Waals surface area contributed by atoms with Gasteiger partial charge in [-0.1, -0.05) is 30.3 Å². The maximum absolute atomic E-state index is 13.3. The molecule has 0 radical (unpaired) electrons. The van der Waals surface area contributed by atoms with Crippen LogP contribution in [0.5, 0.6) is 0 Å². The molecule has 1 heterocycles. The van der Waals surface area contributed by atoms with Crippen LogP contribution in [0.2, 0.25) is 0 Å². The zero-order valence-electron chi connectivity index (χ0n) is 13.2. The quantitative estimate of drug-likeness (QED) is 0.723. The van der Waals surface area contributed by atoms with Crippen molar-refractivity contribution in [1.29, 1.82) is 0 Å². The second-order valence-electron chi connectivity index (χ2n) is 5.83. The number of rotatable bonds is 5. The first kappa shape index (κ1) is 15.4. The molecule has 4 heteroatoms. The number of hydrogen-bond acceptors (Lipinski definition) is 2. The maximum atomic E-state index is 13.3. The third-order valence-corrected chi connectivity index (χ3v) is 4.22. The predicted molar refractivity (Wildman–Crippen MR) is 90.0 cm³/mol. The number of benzene rings is 2. The van der Waals surface area contributed by atoms with E-state index in [1.807, 2.05) is 49.2 Å². The molecule has 1 atom stereocenters. The molecule has 0 saturated carbocycles. The Morgan fingerprint density at radius 3 is 2.78 bits per heavy atom. The third-order valence-electron chi connectivity index (χ3n) is 4.22. The smallest absolute Gasteiger partial charge is 0.181 e. The van der Waals surface area contributed by atoms with Crippen LogP contribution < -0.4 is 0 Å². The number of aromatic amines is 1. The normalized spacial score (nSPS) is 12.7. The van der Waals surface area contributed by atoms with Crippen LogP contribution in [0.15, 0.2) is 54.7 Å². The Kier molecular flexibility index (Phi) is 4.26. The number of aromatic nitrogens is 1. The number of fused-ring (bicyclic) bond motifs is 1. The van der Waals surface area contributed by atoms with E-state index >= 15 is 0 Å². The van der Waals surface area contributed by atoms with Crippen molar-refractivity contribution in [3.8, 4) is 0 Å². The van der Waals surface area contributed by atoms with Gasteiger partial charge in [-0.25, -0.2) is 4.39 Å². The van der Waals surface area contributed by atoms with Crippen molar-refractivity contribution in [2.75, 3.05) is 7.05 Å². The maximum Gasteiger partial charge on any atom is 0.181 e. The van der Waals surface area contributed by atoms with Crippen LogP contribution in [0.25, 0.3) is 10.9 Å². The highest BCUT2D eigenvalue weighted by molar-refractivity contribution is 6.10. The first-order valence-corrected chi connectivity index (χ1v) is 7.61. The molecule has 3 nitrogen and oxygen atoms in total. The van der Waals surface area contributed by atoms with Crippen LogP contribution in [-0.2, 0) is 6.54 Å². The van der Waals surface area contributed by atoms with Gasteiger partial charge in [-0.2, -0.15) is 0 Å². The Hall–Kier alpha value is -2.46. The van der Waals surface area contributed by atoms with Gasteiger partial charge in [0.2, 0.25) is 0 Å². The SMILES string of the molecule is C[C@H](C(=O)c1c[nH]c2ccccc12)N(C)Cc1cccc(F)c1. The molecular weight excluding hydrogens is 291 g/mol. The summed E-state index contributed by atoms with van der Waals surface area (Å²) in [5, 5.41) is 0.934. The number of likely N-dealkylation sites (N-methyl/N-ethyl adjacent to an activating group) is 1. The van der Waals surface area contributed by atoms with Gasteiger partial charge in [-0.05, 0) is 37.7 Å². The lowest BCUT2D eigenvalue weighted by Gasteiger charge is -2.23. The number of halogens is 1. The summed E-state index contributed by atoms with van der Waals surface area (Å²) in [6.45, 7) is 2.40. The van der Waals surface area contributed by atoms with Gasteiger partial charge in [0.25, 0.3) is 0 Å². The fraction of sp³-hybridized carbons (Fsp3) is 0.211. The largest absolute Gasteiger partial charge is 0.360 e. The molecule has 0 fully saturated rings. The lowest BCUT2D eigenvalue weighted by atomic mass is 10.0. The molecule has 0 bridgehead atoms. The average Bonchev–Trinajstić information content (AvgIpc) is 2.97. The van der Waals surface area contributed by atoms with Gasteiger partial charge in [0, 0.05) is 29.2 Å². The summed E-state index contributed by atoms with van der Waals surface area (Å²) in [5.41, 5.74) is 2.50. The molecule has 118 valence electrons. The zero-order valence-corrected chi connectivity index (χ0v) is 13.2. The second kappa shape index (κ2) is 6.34. The predicted octanol–water partition coefficient (Wildman–Crippen LogP) is 4.01. The van der Waals surface area contributed by atoms with Crippen molar-refractivity contribution in [3.63, 3.8) is 0 Å². The van der Waals surface area contributed by atoms with Crippen molar-refractivity contribution in [3.05, 3.63) is 71.7 Å². The number of carbonyl (C=O) groups is 1. The van der Waals surface area contributed by atoms with E-state index in [1.165, 1.54) is 12.1 Å². The molecule has 1 aromatic heterocycles. The molecule has 0 aliphatic rings. The Labute approximate surface area is 134 Å².